The molecule has 2 unspecified atom stereocenters. The fourth-order valence-electron chi connectivity index (χ4n) is 5.87. The third-order valence-electron chi connectivity index (χ3n) is 7.69. The highest BCUT2D eigenvalue weighted by Gasteiger charge is 2.34. The number of nitrogens with one attached hydrogen (secondary N) is 1. The van der Waals surface area contributed by atoms with Crippen LogP contribution < -0.4 is 5.32 Å². The van der Waals surface area contributed by atoms with E-state index in [2.05, 4.69) is 49.5 Å². The van der Waals surface area contributed by atoms with Gasteiger partial charge in [0.2, 0.25) is 0 Å². The summed E-state index contributed by atoms with van der Waals surface area (Å²) < 4.78 is 0. The molecule has 1 saturated carbocycles. The van der Waals surface area contributed by atoms with Gasteiger partial charge in [0.1, 0.15) is 0 Å². The normalized spacial score (nSPS) is 18.9. The van der Waals surface area contributed by atoms with Crippen LogP contribution in [0, 0.1) is 0 Å². The molecular formula is C33H47NO. The molecule has 3 aliphatic carbocycles. The van der Waals surface area contributed by atoms with Crippen molar-refractivity contribution in [2.75, 3.05) is 0 Å². The lowest BCUT2D eigenvalue weighted by Crippen LogP contribution is -2.11. The van der Waals surface area contributed by atoms with Gasteiger partial charge in [0.25, 0.3) is 0 Å². The van der Waals surface area contributed by atoms with Gasteiger partial charge in [0, 0.05) is 23.9 Å². The first-order valence-corrected chi connectivity index (χ1v) is 14.4. The van der Waals surface area contributed by atoms with E-state index in [0.717, 1.165) is 12.0 Å². The summed E-state index contributed by atoms with van der Waals surface area (Å²) in [5.41, 5.74) is 9.14. The molecule has 2 atom stereocenters. The number of ketones is 1. The second kappa shape index (κ2) is 13.7. The standard InChI is InChI=1S/C24H27NO.C7H14.C2H6/c1-4-6-17-18-8-7-16(15(3)25-13-5-2)14-22(18)24-20(17)10-9-19-21(24)11-12-23(19)26;1-2-4-6-7-5-3-1;1-2/h5,7-10,13-15,17,25H,4,6,11-12H2,1-3H3;1-7H2;1-2H3/b13-5-;;. The largest absolute Gasteiger partial charge is 0.385 e. The summed E-state index contributed by atoms with van der Waals surface area (Å²) in [4.78, 5) is 12.3. The molecular weight excluding hydrogens is 426 g/mol. The number of carbonyl (C=O) groups is 1. The Hall–Kier alpha value is -2.35. The quantitative estimate of drug-likeness (QED) is 0.438. The van der Waals surface area contributed by atoms with Gasteiger partial charge in [-0.1, -0.05) is 102 Å². The lowest BCUT2D eigenvalue weighted by molar-refractivity contribution is 0.0994. The predicted octanol–water partition coefficient (Wildman–Crippen LogP) is 9.67. The highest BCUT2D eigenvalue weighted by molar-refractivity contribution is 6.03. The van der Waals surface area contributed by atoms with Crippen LogP contribution in [0.3, 0.4) is 0 Å². The van der Waals surface area contributed by atoms with Crippen LogP contribution in [0.5, 0.6) is 0 Å². The van der Waals surface area contributed by atoms with Crippen LogP contribution >= 0.6 is 0 Å². The highest BCUT2D eigenvalue weighted by atomic mass is 16.1. The number of hydrogen-bond donors (Lipinski definition) is 1. The number of carbonyl (C=O) groups excluding carboxylic acids is 1. The summed E-state index contributed by atoms with van der Waals surface area (Å²) in [6.45, 7) is 10.5. The fourth-order valence-corrected chi connectivity index (χ4v) is 5.87. The number of allylic oxidation sites excluding steroid dienone is 1. The predicted molar refractivity (Wildman–Crippen MR) is 151 cm³/mol. The number of Topliss-reactive ketones (excluding diaryl/α,β-unsaturated/α-hetero) is 1. The van der Waals surface area contributed by atoms with Crippen molar-refractivity contribution in [1.82, 2.24) is 5.32 Å². The molecule has 1 fully saturated rings. The summed E-state index contributed by atoms with van der Waals surface area (Å²) in [7, 11) is 0. The summed E-state index contributed by atoms with van der Waals surface area (Å²) in [5, 5.41) is 3.42. The maximum absolute atomic E-state index is 12.3. The molecule has 2 nitrogen and oxygen atoms in total. The Bertz CT molecular complexity index is 983. The van der Waals surface area contributed by atoms with Crippen LogP contribution in [-0.2, 0) is 6.42 Å². The number of rotatable bonds is 5. The van der Waals surface area contributed by atoms with E-state index < -0.39 is 0 Å². The zero-order valence-electron chi connectivity index (χ0n) is 22.9. The molecule has 0 heterocycles. The van der Waals surface area contributed by atoms with E-state index in [9.17, 15) is 4.79 Å². The zero-order valence-corrected chi connectivity index (χ0v) is 22.9. The first-order valence-electron chi connectivity index (χ1n) is 14.4. The van der Waals surface area contributed by atoms with Crippen LogP contribution in [0.2, 0.25) is 0 Å². The molecule has 0 aliphatic heterocycles. The Balaban J connectivity index is 0.000000324. The van der Waals surface area contributed by atoms with Crippen molar-refractivity contribution in [1.29, 1.82) is 0 Å². The van der Waals surface area contributed by atoms with Gasteiger partial charge in [0.05, 0.1) is 0 Å². The van der Waals surface area contributed by atoms with Gasteiger partial charge in [-0.25, -0.2) is 0 Å². The van der Waals surface area contributed by atoms with Crippen LogP contribution in [0.4, 0.5) is 0 Å². The van der Waals surface area contributed by atoms with E-state index in [-0.39, 0.29) is 6.04 Å². The van der Waals surface area contributed by atoms with Crippen molar-refractivity contribution < 1.29 is 4.79 Å². The summed E-state index contributed by atoms with van der Waals surface area (Å²) >= 11 is 0. The topological polar surface area (TPSA) is 29.1 Å². The summed E-state index contributed by atoms with van der Waals surface area (Å²) in [6.07, 6.45) is 18.4. The molecule has 35 heavy (non-hydrogen) atoms. The van der Waals surface area contributed by atoms with Crippen LogP contribution in [-0.4, -0.2) is 5.78 Å². The number of benzene rings is 2. The van der Waals surface area contributed by atoms with Crippen LogP contribution in [0.15, 0.2) is 42.6 Å². The number of fused-ring (bicyclic) bond motifs is 5. The van der Waals surface area contributed by atoms with E-state index in [4.69, 9.17) is 0 Å². The van der Waals surface area contributed by atoms with Gasteiger partial charge in [-0.15, -0.1) is 0 Å². The molecule has 0 amide bonds. The Morgan fingerprint density at radius 1 is 0.914 bits per heavy atom. The molecule has 0 aromatic heterocycles. The third kappa shape index (κ3) is 6.26. The van der Waals surface area contributed by atoms with E-state index in [1.165, 1.54) is 91.2 Å². The monoisotopic (exact) mass is 473 g/mol. The first-order chi connectivity index (χ1) is 17.2. The maximum Gasteiger partial charge on any atom is 0.163 e. The van der Waals surface area contributed by atoms with Crippen molar-refractivity contribution in [2.24, 2.45) is 0 Å². The van der Waals surface area contributed by atoms with Crippen molar-refractivity contribution in [2.45, 2.75) is 117 Å². The van der Waals surface area contributed by atoms with E-state index in [0.29, 0.717) is 18.1 Å². The van der Waals surface area contributed by atoms with Gasteiger partial charge in [-0.3, -0.25) is 4.79 Å². The molecule has 1 N–H and O–H groups in total. The number of hydrogen-bond acceptors (Lipinski definition) is 2. The molecule has 0 saturated heterocycles. The highest BCUT2D eigenvalue weighted by Crippen LogP contribution is 2.51. The van der Waals surface area contributed by atoms with Gasteiger partial charge in [0.15, 0.2) is 5.78 Å². The molecule has 0 radical (unpaired) electrons. The Labute approximate surface area is 214 Å². The molecule has 0 bridgehead atoms. The minimum absolute atomic E-state index is 0.267. The first kappa shape index (κ1) is 27.2. The Morgan fingerprint density at radius 3 is 2.14 bits per heavy atom. The van der Waals surface area contributed by atoms with Crippen molar-refractivity contribution in [3.8, 4) is 11.1 Å². The Kier molecular flexibility index (Phi) is 10.6. The van der Waals surface area contributed by atoms with Gasteiger partial charge < -0.3 is 5.32 Å². The van der Waals surface area contributed by atoms with Crippen molar-refractivity contribution in [3.05, 3.63) is 70.4 Å². The molecule has 2 aromatic carbocycles. The molecule has 190 valence electrons. The van der Waals surface area contributed by atoms with Crippen molar-refractivity contribution in [3.63, 3.8) is 0 Å². The van der Waals surface area contributed by atoms with E-state index in [1.807, 2.05) is 33.0 Å². The van der Waals surface area contributed by atoms with Crippen LogP contribution in [0.1, 0.15) is 143 Å². The lowest BCUT2D eigenvalue weighted by atomic mass is 9.91. The molecule has 2 aromatic rings. The summed E-state index contributed by atoms with van der Waals surface area (Å²) in [5.74, 6) is 0.779. The smallest absolute Gasteiger partial charge is 0.163 e. The lowest BCUT2D eigenvalue weighted by Gasteiger charge is -2.16. The Morgan fingerprint density at radius 2 is 1.54 bits per heavy atom. The third-order valence-corrected chi connectivity index (χ3v) is 7.69. The molecule has 2 heteroatoms. The fraction of sp³-hybridized carbons (Fsp3) is 0.545. The minimum Gasteiger partial charge on any atom is -0.385 e. The van der Waals surface area contributed by atoms with E-state index >= 15 is 0 Å². The molecule has 5 rings (SSSR count). The average molecular weight is 474 g/mol. The van der Waals surface area contributed by atoms with Crippen molar-refractivity contribution >= 4 is 5.78 Å². The average Bonchev–Trinajstić information content (AvgIpc) is 3.24. The van der Waals surface area contributed by atoms with Crippen LogP contribution in [0.25, 0.3) is 11.1 Å². The second-order valence-electron chi connectivity index (χ2n) is 10.0. The van der Waals surface area contributed by atoms with E-state index in [1.54, 1.807) is 0 Å². The van der Waals surface area contributed by atoms with Gasteiger partial charge >= 0.3 is 0 Å². The maximum atomic E-state index is 12.3. The molecule has 3 aliphatic rings. The summed E-state index contributed by atoms with van der Waals surface area (Å²) in [6, 6.07) is 11.5. The van der Waals surface area contributed by atoms with Gasteiger partial charge in [-0.2, -0.15) is 0 Å². The zero-order chi connectivity index (χ0) is 25.2. The second-order valence-corrected chi connectivity index (χ2v) is 10.0. The minimum atomic E-state index is 0.267. The SMILES string of the molecule is C/C=C\NC(C)c1ccc2c(c1)-c1c(ccc3c1CCC3=O)C2CCC.C1CCCCCC1.CC. The van der Waals surface area contributed by atoms with Gasteiger partial charge in [-0.05, 0) is 72.3 Å². The molecule has 0 spiro atoms.